The van der Waals surface area contributed by atoms with Gasteiger partial charge in [0.15, 0.2) is 15.7 Å². The van der Waals surface area contributed by atoms with Gasteiger partial charge in [0.25, 0.3) is 0 Å². The summed E-state index contributed by atoms with van der Waals surface area (Å²) >= 11 is 0. The Morgan fingerprint density at radius 3 is 2.19 bits per heavy atom. The van der Waals surface area contributed by atoms with Crippen molar-refractivity contribution in [3.05, 3.63) is 35.2 Å². The number of hydrogen-bond donors (Lipinski definition) is 0. The molecular formula is C33H46N6O7S. The van der Waals surface area contributed by atoms with E-state index in [0.717, 1.165) is 30.6 Å². The number of rotatable bonds is 3. The van der Waals surface area contributed by atoms with Gasteiger partial charge in [-0.05, 0) is 72.1 Å². The van der Waals surface area contributed by atoms with Crippen molar-refractivity contribution in [2.24, 2.45) is 0 Å². The van der Waals surface area contributed by atoms with Gasteiger partial charge in [-0.1, -0.05) is 6.07 Å². The lowest BCUT2D eigenvalue weighted by Gasteiger charge is -2.43. The Hall–Kier alpha value is -3.65. The first kappa shape index (κ1) is 33.3. The zero-order valence-corrected chi connectivity index (χ0v) is 29.2. The Labute approximate surface area is 277 Å². The molecular weight excluding hydrogens is 624 g/mol. The van der Waals surface area contributed by atoms with E-state index in [2.05, 4.69) is 20.9 Å². The Morgan fingerprint density at radius 2 is 1.53 bits per heavy atom. The molecule has 4 aliphatic rings. The molecule has 3 saturated heterocycles. The largest absolute Gasteiger partial charge is 0.486 e. The molecule has 256 valence electrons. The van der Waals surface area contributed by atoms with Gasteiger partial charge in [-0.3, -0.25) is 4.90 Å². The van der Waals surface area contributed by atoms with Gasteiger partial charge < -0.3 is 24.0 Å². The Bertz CT molecular complexity index is 1650. The first-order chi connectivity index (χ1) is 22.0. The molecule has 0 aliphatic carbocycles. The van der Waals surface area contributed by atoms with Gasteiger partial charge in [-0.25, -0.2) is 32.9 Å². The van der Waals surface area contributed by atoms with Crippen LogP contribution in [0.4, 0.5) is 26.9 Å². The minimum absolute atomic E-state index is 0.0312. The predicted molar refractivity (Wildman–Crippen MR) is 177 cm³/mol. The van der Waals surface area contributed by atoms with Crippen LogP contribution < -0.4 is 14.5 Å². The summed E-state index contributed by atoms with van der Waals surface area (Å²) in [5.74, 6) is 1.76. The minimum atomic E-state index is -3.11. The lowest BCUT2D eigenvalue weighted by molar-refractivity contribution is 0.0260. The van der Waals surface area contributed by atoms with Crippen molar-refractivity contribution in [2.45, 2.75) is 84.7 Å². The molecule has 2 aromatic rings. The van der Waals surface area contributed by atoms with Crippen molar-refractivity contribution in [1.29, 1.82) is 0 Å². The van der Waals surface area contributed by atoms with Crippen molar-refractivity contribution in [3.63, 3.8) is 0 Å². The number of amides is 2. The molecule has 0 N–H and O–H groups in total. The molecule has 1 aromatic carbocycles. The number of likely N-dealkylation sites (tertiary alicyclic amines) is 2. The van der Waals surface area contributed by atoms with Crippen molar-refractivity contribution < 1.29 is 32.2 Å². The SMILES string of the molecule is Cc1cc(C2CN([C@@H]3CCN(C(=O)OC(C)(C)C)C3)C2)cc2c1OCc1c(N3CCS(=O)(=O)CC3)ncnc1N2C(=O)OC(C)(C)C. The zero-order chi connectivity index (χ0) is 33.9. The smallest absolute Gasteiger partial charge is 0.420 e. The Kier molecular flexibility index (Phi) is 8.56. The summed E-state index contributed by atoms with van der Waals surface area (Å²) in [5.41, 5.74) is 1.82. The third kappa shape index (κ3) is 7.13. The van der Waals surface area contributed by atoms with Crippen LogP contribution >= 0.6 is 0 Å². The highest BCUT2D eigenvalue weighted by Crippen LogP contribution is 2.46. The third-order valence-corrected chi connectivity index (χ3v) is 10.5. The van der Waals surface area contributed by atoms with E-state index in [1.54, 1.807) is 4.90 Å². The van der Waals surface area contributed by atoms with Crippen LogP contribution in [0.2, 0.25) is 0 Å². The van der Waals surface area contributed by atoms with Crippen molar-refractivity contribution >= 4 is 39.3 Å². The highest BCUT2D eigenvalue weighted by atomic mass is 32.2. The van der Waals surface area contributed by atoms with E-state index in [9.17, 15) is 18.0 Å². The summed E-state index contributed by atoms with van der Waals surface area (Å²) in [6.07, 6.45) is 1.45. The van der Waals surface area contributed by atoms with Crippen LogP contribution in [-0.2, 0) is 25.9 Å². The van der Waals surface area contributed by atoms with Crippen molar-refractivity contribution in [2.75, 3.05) is 60.6 Å². The number of ether oxygens (including phenoxy) is 3. The molecule has 0 saturated carbocycles. The normalized spacial score (nSPS) is 21.7. The second kappa shape index (κ2) is 12.1. The van der Waals surface area contributed by atoms with Gasteiger partial charge >= 0.3 is 12.2 Å². The van der Waals surface area contributed by atoms with E-state index < -0.39 is 27.1 Å². The quantitative estimate of drug-likeness (QED) is 0.460. The van der Waals surface area contributed by atoms with Crippen molar-refractivity contribution in [1.82, 2.24) is 19.8 Å². The molecule has 47 heavy (non-hydrogen) atoms. The number of aromatic nitrogens is 2. The van der Waals surface area contributed by atoms with Crippen molar-refractivity contribution in [3.8, 4) is 5.75 Å². The van der Waals surface area contributed by atoms with E-state index in [4.69, 9.17) is 14.2 Å². The molecule has 0 radical (unpaired) electrons. The highest BCUT2D eigenvalue weighted by molar-refractivity contribution is 7.91. The number of hydrogen-bond acceptors (Lipinski definition) is 11. The maximum atomic E-state index is 14.0. The number of aryl methyl sites for hydroxylation is 1. The standard InChI is InChI=1S/C33H46N6O7S/c1-21-14-22(23-16-38(17-23)24-8-9-37(18-24)30(40)45-32(2,3)4)15-26-27(21)44-19-25-28(36-10-12-47(42,43)13-11-36)34-20-35-29(25)39(26)31(41)46-33(5,6)7/h14-15,20,23-24H,8-13,16-19H2,1-7H3/t24-/m1/s1. The maximum absolute atomic E-state index is 14.0. The van der Waals surface area contributed by atoms with Crippen LogP contribution in [0.3, 0.4) is 0 Å². The molecule has 13 nitrogen and oxygen atoms in total. The molecule has 2 amide bonds. The van der Waals surface area contributed by atoms with Crippen LogP contribution in [0.1, 0.15) is 70.6 Å². The number of carbonyl (C=O) groups is 2. The Morgan fingerprint density at radius 1 is 0.894 bits per heavy atom. The number of fused-ring (bicyclic) bond motifs is 2. The number of anilines is 3. The van der Waals surface area contributed by atoms with Crippen LogP contribution in [0, 0.1) is 6.92 Å². The molecule has 4 aliphatic heterocycles. The second-order valence-corrected chi connectivity index (χ2v) is 17.3. The number of nitrogens with zero attached hydrogens (tertiary/aromatic N) is 6. The second-order valence-electron chi connectivity index (χ2n) is 14.9. The lowest BCUT2D eigenvalue weighted by atomic mass is 9.88. The van der Waals surface area contributed by atoms with E-state index >= 15 is 0 Å². The monoisotopic (exact) mass is 670 g/mol. The van der Waals surface area contributed by atoms with Gasteiger partial charge in [0.05, 0.1) is 22.8 Å². The topological polar surface area (TPSA) is 135 Å². The predicted octanol–water partition coefficient (Wildman–Crippen LogP) is 4.39. The van der Waals surface area contributed by atoms with Gasteiger partial charge in [0.1, 0.15) is 35.7 Å². The van der Waals surface area contributed by atoms with E-state index in [1.807, 2.05) is 59.4 Å². The van der Waals surface area contributed by atoms with Crippen LogP contribution in [0.25, 0.3) is 0 Å². The molecule has 0 unspecified atom stereocenters. The average Bonchev–Trinajstić information content (AvgIpc) is 3.33. The molecule has 1 aromatic heterocycles. The maximum Gasteiger partial charge on any atom is 0.420 e. The van der Waals surface area contributed by atoms with Gasteiger partial charge in [-0.15, -0.1) is 0 Å². The summed E-state index contributed by atoms with van der Waals surface area (Å²) in [4.78, 5) is 43.3. The summed E-state index contributed by atoms with van der Waals surface area (Å²) in [7, 11) is -3.11. The Balaban J connectivity index is 1.27. The van der Waals surface area contributed by atoms with Crippen LogP contribution in [0.5, 0.6) is 5.75 Å². The molecule has 0 spiro atoms. The van der Waals surface area contributed by atoms with E-state index in [-0.39, 0.29) is 36.2 Å². The third-order valence-electron chi connectivity index (χ3n) is 8.92. The lowest BCUT2D eigenvalue weighted by Crippen LogP contribution is -2.52. The summed E-state index contributed by atoms with van der Waals surface area (Å²) in [6.45, 7) is 16.7. The summed E-state index contributed by atoms with van der Waals surface area (Å²) < 4.78 is 42.2. The average molecular weight is 671 g/mol. The number of sulfone groups is 1. The van der Waals surface area contributed by atoms with Gasteiger partial charge in [0, 0.05) is 51.2 Å². The first-order valence-corrected chi connectivity index (χ1v) is 18.1. The number of benzene rings is 1. The fraction of sp³-hybridized carbons (Fsp3) is 0.636. The fourth-order valence-electron chi connectivity index (χ4n) is 6.59. The molecule has 14 heteroatoms. The minimum Gasteiger partial charge on any atom is -0.486 e. The van der Waals surface area contributed by atoms with Crippen LogP contribution in [-0.4, -0.2) is 108 Å². The highest BCUT2D eigenvalue weighted by Gasteiger charge is 2.41. The van der Waals surface area contributed by atoms with Gasteiger partial charge in [-0.2, -0.15) is 0 Å². The molecule has 3 fully saturated rings. The first-order valence-electron chi connectivity index (χ1n) is 16.3. The molecule has 1 atom stereocenters. The summed E-state index contributed by atoms with van der Waals surface area (Å²) in [5, 5.41) is 0. The van der Waals surface area contributed by atoms with E-state index in [0.29, 0.717) is 54.8 Å². The molecule has 6 rings (SSSR count). The molecule has 5 heterocycles. The summed E-state index contributed by atoms with van der Waals surface area (Å²) in [6, 6.07) is 4.39. The van der Waals surface area contributed by atoms with Gasteiger partial charge in [0.2, 0.25) is 0 Å². The molecule has 0 bridgehead atoms. The fourth-order valence-corrected chi connectivity index (χ4v) is 7.79. The van der Waals surface area contributed by atoms with E-state index in [1.165, 1.54) is 11.2 Å². The zero-order valence-electron chi connectivity index (χ0n) is 28.4. The van der Waals surface area contributed by atoms with Crippen LogP contribution in [0.15, 0.2) is 18.5 Å². The number of carbonyl (C=O) groups excluding carboxylic acids is 2.